The smallest absolute Gasteiger partial charge is 0.154 e. The second-order valence-electron chi connectivity index (χ2n) is 8.17. The van der Waals surface area contributed by atoms with E-state index in [4.69, 9.17) is 27.2 Å². The van der Waals surface area contributed by atoms with Gasteiger partial charge in [-0.3, -0.25) is 15.1 Å². The second kappa shape index (κ2) is 11.4. The van der Waals surface area contributed by atoms with Gasteiger partial charge >= 0.3 is 0 Å². The lowest BCUT2D eigenvalue weighted by molar-refractivity contribution is 0.221. The van der Waals surface area contributed by atoms with Crippen molar-refractivity contribution in [3.63, 3.8) is 0 Å². The van der Waals surface area contributed by atoms with Crippen LogP contribution >= 0.6 is 23.5 Å². The van der Waals surface area contributed by atoms with Crippen molar-refractivity contribution in [2.75, 3.05) is 7.05 Å². The molecule has 0 radical (unpaired) electrons. The summed E-state index contributed by atoms with van der Waals surface area (Å²) in [7, 11) is 1.67. The molecule has 3 heterocycles. The molecule has 0 saturated heterocycles. The van der Waals surface area contributed by atoms with Crippen molar-refractivity contribution in [2.24, 2.45) is 15.9 Å². The maximum atomic E-state index is 9.88. The van der Waals surface area contributed by atoms with Crippen LogP contribution in [0.5, 0.6) is 5.75 Å². The van der Waals surface area contributed by atoms with Crippen molar-refractivity contribution >= 4 is 46.2 Å². The van der Waals surface area contributed by atoms with Gasteiger partial charge in [-0.15, -0.1) is 0 Å². The van der Waals surface area contributed by atoms with E-state index in [0.29, 0.717) is 44.0 Å². The summed E-state index contributed by atoms with van der Waals surface area (Å²) in [5.41, 5.74) is 11.4. The number of fused-ring (bicyclic) bond motifs is 1. The summed E-state index contributed by atoms with van der Waals surface area (Å²) < 4.78 is 6.26. The number of hydrogen-bond acceptors (Lipinski definition) is 9. The Morgan fingerprint density at radius 3 is 2.68 bits per heavy atom. The highest BCUT2D eigenvalue weighted by atomic mass is 35.5. The van der Waals surface area contributed by atoms with Crippen molar-refractivity contribution < 1.29 is 4.74 Å². The molecular formula is C27H24ClN7OS. The van der Waals surface area contributed by atoms with Crippen LogP contribution in [0.4, 0.5) is 0 Å². The van der Waals surface area contributed by atoms with Crippen LogP contribution in [0.3, 0.4) is 0 Å². The molecule has 3 aromatic heterocycles. The van der Waals surface area contributed by atoms with Gasteiger partial charge in [-0.25, -0.2) is 9.97 Å². The number of nitriles is 1. The lowest BCUT2D eigenvalue weighted by atomic mass is 9.96. The number of pyridine rings is 3. The molecule has 0 aliphatic carbocycles. The second-order valence-corrected chi connectivity index (χ2v) is 9.18. The van der Waals surface area contributed by atoms with E-state index in [1.165, 1.54) is 6.20 Å². The fraction of sp³-hybridized carbons (Fsp3) is 0.148. The molecule has 0 amide bonds. The molecule has 10 heteroatoms. The van der Waals surface area contributed by atoms with Crippen molar-refractivity contribution in [3.8, 4) is 22.9 Å². The Kier molecular flexibility index (Phi) is 8.04. The number of aryl methyl sites for hydroxylation is 1. The van der Waals surface area contributed by atoms with E-state index >= 15 is 0 Å². The Hall–Kier alpha value is -3.97. The SMILES string of the molecule is CN=C/C(=C\N)c1ccc(-c2cc3c(C(C)Oc4ccc(Cl)nc4SN)cc(C)cc3nc2C#N)cn1. The molecule has 1 unspecified atom stereocenters. The number of allylic oxidation sites excluding steroid dienone is 1. The number of aliphatic imine (C=N–C) groups is 1. The van der Waals surface area contributed by atoms with E-state index in [0.717, 1.165) is 34.0 Å². The number of halogens is 1. The Balaban J connectivity index is 1.81. The molecule has 4 aromatic rings. The highest BCUT2D eigenvalue weighted by Gasteiger charge is 2.18. The Labute approximate surface area is 224 Å². The van der Waals surface area contributed by atoms with Gasteiger partial charge < -0.3 is 10.5 Å². The van der Waals surface area contributed by atoms with Gasteiger partial charge in [-0.2, -0.15) is 5.26 Å². The summed E-state index contributed by atoms with van der Waals surface area (Å²) in [6.07, 6.45) is 4.42. The Bertz CT molecular complexity index is 1560. The molecule has 186 valence electrons. The summed E-state index contributed by atoms with van der Waals surface area (Å²) in [6.45, 7) is 3.92. The molecule has 0 spiro atoms. The number of hydrogen-bond donors (Lipinski definition) is 2. The molecule has 37 heavy (non-hydrogen) atoms. The van der Waals surface area contributed by atoms with E-state index in [9.17, 15) is 5.26 Å². The number of benzene rings is 1. The van der Waals surface area contributed by atoms with Gasteiger partial charge in [0, 0.05) is 53.3 Å². The van der Waals surface area contributed by atoms with Crippen LogP contribution < -0.4 is 15.6 Å². The van der Waals surface area contributed by atoms with Crippen LogP contribution in [0.2, 0.25) is 5.15 Å². The van der Waals surface area contributed by atoms with Gasteiger partial charge in [-0.05, 0) is 61.7 Å². The zero-order chi connectivity index (χ0) is 26.5. The number of nitrogens with two attached hydrogens (primary N) is 2. The fourth-order valence-corrected chi connectivity index (χ4v) is 4.56. The highest BCUT2D eigenvalue weighted by Crippen LogP contribution is 2.35. The highest BCUT2D eigenvalue weighted by molar-refractivity contribution is 7.97. The molecule has 0 aliphatic heterocycles. The topological polar surface area (TPSA) is 136 Å². The number of ether oxygens (including phenoxy) is 1. The first-order chi connectivity index (χ1) is 17.9. The van der Waals surface area contributed by atoms with Gasteiger partial charge in [0.05, 0.1) is 11.2 Å². The van der Waals surface area contributed by atoms with Gasteiger partial charge in [0.1, 0.15) is 23.0 Å². The minimum atomic E-state index is -0.370. The van der Waals surface area contributed by atoms with E-state index in [-0.39, 0.29) is 6.10 Å². The van der Waals surface area contributed by atoms with Crippen LogP contribution in [0.1, 0.15) is 35.5 Å². The van der Waals surface area contributed by atoms with E-state index in [1.54, 1.807) is 31.6 Å². The average molecular weight is 530 g/mol. The third kappa shape index (κ3) is 5.57. The number of aromatic nitrogens is 3. The largest absolute Gasteiger partial charge is 0.483 e. The van der Waals surface area contributed by atoms with Crippen molar-refractivity contribution in [2.45, 2.75) is 25.0 Å². The van der Waals surface area contributed by atoms with Crippen LogP contribution in [-0.4, -0.2) is 28.2 Å². The first-order valence-electron chi connectivity index (χ1n) is 11.2. The molecule has 1 aromatic carbocycles. The molecule has 8 nitrogen and oxygen atoms in total. The molecular weight excluding hydrogens is 506 g/mol. The standard InChI is InChI=1S/C27H24ClN7OS/c1-15-8-19(16(2)36-25-6-7-26(28)35-27(25)37-31)21-10-20(24(12-30)34-23(21)9-15)17-4-5-22(33-14-17)18(11-29)13-32-3/h4-11,13-14,16H,29,31H2,1-3H3/b18-11+,32-13?. The van der Waals surface area contributed by atoms with E-state index < -0.39 is 0 Å². The molecule has 4 N–H and O–H groups in total. The average Bonchev–Trinajstić information content (AvgIpc) is 2.91. The summed E-state index contributed by atoms with van der Waals surface area (Å²) in [5, 5.41) is 17.3. The summed E-state index contributed by atoms with van der Waals surface area (Å²) in [6, 6.07) is 15.3. The normalized spacial score (nSPS) is 12.6. The number of rotatable bonds is 7. The minimum absolute atomic E-state index is 0.306. The summed E-state index contributed by atoms with van der Waals surface area (Å²) in [4.78, 5) is 17.4. The molecule has 0 fully saturated rings. The van der Waals surface area contributed by atoms with E-state index in [2.05, 4.69) is 26.0 Å². The van der Waals surface area contributed by atoms with Crippen LogP contribution in [0.15, 0.2) is 64.9 Å². The Morgan fingerprint density at radius 2 is 2.03 bits per heavy atom. The van der Waals surface area contributed by atoms with Crippen molar-refractivity contribution in [1.82, 2.24) is 15.0 Å². The van der Waals surface area contributed by atoms with Gasteiger partial charge in [0.25, 0.3) is 0 Å². The summed E-state index contributed by atoms with van der Waals surface area (Å²) >= 11 is 6.98. The van der Waals surface area contributed by atoms with Gasteiger partial charge in [0.2, 0.25) is 0 Å². The predicted molar refractivity (Wildman–Crippen MR) is 149 cm³/mol. The van der Waals surface area contributed by atoms with Crippen LogP contribution in [0, 0.1) is 18.3 Å². The lowest BCUT2D eigenvalue weighted by Crippen LogP contribution is -2.07. The molecule has 0 saturated carbocycles. The third-order valence-corrected chi connectivity index (χ3v) is 6.41. The zero-order valence-corrected chi connectivity index (χ0v) is 22.0. The lowest BCUT2D eigenvalue weighted by Gasteiger charge is -2.19. The molecule has 1 atom stereocenters. The van der Waals surface area contributed by atoms with Crippen molar-refractivity contribution in [3.05, 3.63) is 82.5 Å². The van der Waals surface area contributed by atoms with Gasteiger partial charge in [-0.1, -0.05) is 23.7 Å². The molecule has 4 rings (SSSR count). The van der Waals surface area contributed by atoms with E-state index in [1.807, 2.05) is 44.2 Å². The molecule has 0 aliphatic rings. The first kappa shape index (κ1) is 26.1. The fourth-order valence-electron chi connectivity index (χ4n) is 3.98. The van der Waals surface area contributed by atoms with Crippen molar-refractivity contribution in [1.29, 1.82) is 5.26 Å². The number of nitrogens with zero attached hydrogens (tertiary/aromatic N) is 5. The van der Waals surface area contributed by atoms with Crippen LogP contribution in [-0.2, 0) is 0 Å². The first-order valence-corrected chi connectivity index (χ1v) is 12.5. The maximum absolute atomic E-state index is 9.88. The van der Waals surface area contributed by atoms with Gasteiger partial charge in [0.15, 0.2) is 10.8 Å². The maximum Gasteiger partial charge on any atom is 0.154 e. The molecule has 0 bridgehead atoms. The predicted octanol–water partition coefficient (Wildman–Crippen LogP) is 5.63. The summed E-state index contributed by atoms with van der Waals surface area (Å²) in [5.74, 6) is 0.528. The quantitative estimate of drug-likeness (QED) is 0.178. The third-order valence-electron chi connectivity index (χ3n) is 5.68. The monoisotopic (exact) mass is 529 g/mol. The zero-order valence-electron chi connectivity index (χ0n) is 20.4. The minimum Gasteiger partial charge on any atom is -0.483 e. The Morgan fingerprint density at radius 1 is 1.22 bits per heavy atom. The van der Waals surface area contributed by atoms with Crippen LogP contribution in [0.25, 0.3) is 27.6 Å².